The van der Waals surface area contributed by atoms with E-state index in [1.165, 1.54) is 12.8 Å². The summed E-state index contributed by atoms with van der Waals surface area (Å²) < 4.78 is 0. The molecule has 1 aromatic carbocycles. The molecule has 1 aromatic heterocycles. The number of fused-ring (bicyclic) bond motifs is 1. The Morgan fingerprint density at radius 2 is 2.17 bits per heavy atom. The van der Waals surface area contributed by atoms with Crippen molar-refractivity contribution in [3.8, 4) is 0 Å². The number of rotatable bonds is 2. The highest BCUT2D eigenvalue weighted by Crippen LogP contribution is 2.28. The van der Waals surface area contributed by atoms with Crippen LogP contribution in [0.4, 0.5) is 0 Å². The first kappa shape index (κ1) is 11.6. The molecule has 1 saturated heterocycles. The molecule has 3 heteroatoms. The zero-order valence-electron chi connectivity index (χ0n) is 10.3. The first-order valence-electron chi connectivity index (χ1n) is 6.61. The summed E-state index contributed by atoms with van der Waals surface area (Å²) in [6.07, 6.45) is 4.78. The third-order valence-corrected chi connectivity index (χ3v) is 3.73. The summed E-state index contributed by atoms with van der Waals surface area (Å²) in [5.74, 6) is 0. The molecule has 2 heterocycles. The Morgan fingerprint density at radius 1 is 1.22 bits per heavy atom. The van der Waals surface area contributed by atoms with Gasteiger partial charge in [0.25, 0.3) is 0 Å². The first-order chi connectivity index (χ1) is 8.86. The second-order valence-electron chi connectivity index (χ2n) is 4.92. The minimum absolute atomic E-state index is 0.171. The van der Waals surface area contributed by atoms with Gasteiger partial charge in [-0.1, -0.05) is 24.6 Å². The number of pyridine rings is 1. The summed E-state index contributed by atoms with van der Waals surface area (Å²) in [7, 11) is 0. The lowest BCUT2D eigenvalue weighted by molar-refractivity contribution is 0.115. The maximum atomic E-state index is 10.6. The molecule has 2 unspecified atom stereocenters. The lowest BCUT2D eigenvalue weighted by Crippen LogP contribution is -2.38. The Hall–Kier alpha value is -1.45. The highest BCUT2D eigenvalue weighted by atomic mass is 16.3. The largest absolute Gasteiger partial charge is 0.387 e. The normalized spacial score (nSPS) is 21.9. The molecule has 0 spiro atoms. The van der Waals surface area contributed by atoms with E-state index in [1.807, 2.05) is 30.3 Å². The summed E-state index contributed by atoms with van der Waals surface area (Å²) in [4.78, 5) is 4.34. The molecule has 2 aromatic rings. The van der Waals surface area contributed by atoms with E-state index in [9.17, 15) is 5.11 Å². The van der Waals surface area contributed by atoms with E-state index in [0.717, 1.165) is 29.4 Å². The van der Waals surface area contributed by atoms with Gasteiger partial charge in [0.2, 0.25) is 0 Å². The van der Waals surface area contributed by atoms with Crippen molar-refractivity contribution >= 4 is 10.9 Å². The van der Waals surface area contributed by atoms with Crippen LogP contribution in [0.5, 0.6) is 0 Å². The maximum Gasteiger partial charge on any atom is 0.0949 e. The van der Waals surface area contributed by atoms with E-state index in [0.29, 0.717) is 0 Å². The van der Waals surface area contributed by atoms with Crippen molar-refractivity contribution in [2.24, 2.45) is 0 Å². The third kappa shape index (κ3) is 2.11. The van der Waals surface area contributed by atoms with Crippen LogP contribution in [-0.4, -0.2) is 22.7 Å². The number of hydrogen-bond donors (Lipinski definition) is 2. The monoisotopic (exact) mass is 242 g/mol. The number of piperidine rings is 1. The fraction of sp³-hybridized carbons (Fsp3) is 0.400. The van der Waals surface area contributed by atoms with E-state index in [1.54, 1.807) is 6.20 Å². The zero-order chi connectivity index (χ0) is 12.4. The smallest absolute Gasteiger partial charge is 0.0949 e. The Morgan fingerprint density at radius 3 is 3.00 bits per heavy atom. The predicted molar refractivity (Wildman–Crippen MR) is 72.3 cm³/mol. The van der Waals surface area contributed by atoms with Crippen LogP contribution in [0.15, 0.2) is 36.5 Å². The number of hydrogen-bond acceptors (Lipinski definition) is 3. The highest BCUT2D eigenvalue weighted by molar-refractivity contribution is 5.82. The molecule has 3 rings (SSSR count). The molecule has 3 nitrogen and oxygen atoms in total. The van der Waals surface area contributed by atoms with E-state index in [4.69, 9.17) is 0 Å². The van der Waals surface area contributed by atoms with Crippen LogP contribution >= 0.6 is 0 Å². The van der Waals surface area contributed by atoms with E-state index in [2.05, 4.69) is 10.3 Å². The number of nitrogens with one attached hydrogen (secondary N) is 1. The number of aliphatic hydroxyl groups is 1. The van der Waals surface area contributed by atoms with E-state index in [-0.39, 0.29) is 6.04 Å². The Bertz CT molecular complexity index is 530. The average Bonchev–Trinajstić information content (AvgIpc) is 2.47. The minimum Gasteiger partial charge on any atom is -0.387 e. The quantitative estimate of drug-likeness (QED) is 0.850. The molecule has 0 saturated carbocycles. The predicted octanol–water partition coefficient (Wildman–Crippen LogP) is 2.41. The zero-order valence-corrected chi connectivity index (χ0v) is 10.3. The molecule has 1 aliphatic heterocycles. The summed E-state index contributed by atoms with van der Waals surface area (Å²) in [6.45, 7) is 1.00. The molecule has 0 amide bonds. The molecule has 2 atom stereocenters. The summed E-state index contributed by atoms with van der Waals surface area (Å²) in [5, 5.41) is 15.0. The van der Waals surface area contributed by atoms with Gasteiger partial charge in [0, 0.05) is 17.6 Å². The van der Waals surface area contributed by atoms with E-state index < -0.39 is 6.10 Å². The van der Waals surface area contributed by atoms with Gasteiger partial charge in [-0.15, -0.1) is 0 Å². The van der Waals surface area contributed by atoms with Crippen LogP contribution in [0.3, 0.4) is 0 Å². The van der Waals surface area contributed by atoms with Gasteiger partial charge in [0.1, 0.15) is 0 Å². The summed E-state index contributed by atoms with van der Waals surface area (Å²) in [6, 6.07) is 10.1. The molecular formula is C15H18N2O. The molecule has 1 fully saturated rings. The van der Waals surface area contributed by atoms with Crippen LogP contribution in [0.1, 0.15) is 30.9 Å². The van der Waals surface area contributed by atoms with Gasteiger partial charge in [-0.25, -0.2) is 0 Å². The maximum absolute atomic E-state index is 10.6. The van der Waals surface area contributed by atoms with Crippen molar-refractivity contribution in [3.05, 3.63) is 42.1 Å². The fourth-order valence-electron chi connectivity index (χ4n) is 2.75. The van der Waals surface area contributed by atoms with Gasteiger partial charge in [-0.05, 0) is 37.1 Å². The second kappa shape index (κ2) is 5.04. The van der Waals surface area contributed by atoms with Gasteiger partial charge in [0.15, 0.2) is 0 Å². The fourth-order valence-corrected chi connectivity index (χ4v) is 2.75. The van der Waals surface area contributed by atoms with Crippen LogP contribution < -0.4 is 5.32 Å². The second-order valence-corrected chi connectivity index (χ2v) is 4.92. The summed E-state index contributed by atoms with van der Waals surface area (Å²) >= 11 is 0. The van der Waals surface area contributed by atoms with Crippen LogP contribution in [0.25, 0.3) is 10.9 Å². The number of nitrogens with zero attached hydrogens (tertiary/aromatic N) is 1. The Balaban J connectivity index is 1.97. The van der Waals surface area contributed by atoms with Crippen LogP contribution in [0.2, 0.25) is 0 Å². The third-order valence-electron chi connectivity index (χ3n) is 3.73. The minimum atomic E-state index is -0.446. The lowest BCUT2D eigenvalue weighted by Gasteiger charge is -2.28. The summed E-state index contributed by atoms with van der Waals surface area (Å²) in [5.41, 5.74) is 1.94. The van der Waals surface area contributed by atoms with Crippen molar-refractivity contribution in [2.75, 3.05) is 6.54 Å². The molecule has 18 heavy (non-hydrogen) atoms. The van der Waals surface area contributed by atoms with Gasteiger partial charge < -0.3 is 10.4 Å². The molecule has 0 bridgehead atoms. The molecule has 2 N–H and O–H groups in total. The van der Waals surface area contributed by atoms with Gasteiger partial charge >= 0.3 is 0 Å². The lowest BCUT2D eigenvalue weighted by atomic mass is 9.93. The van der Waals surface area contributed by atoms with Gasteiger partial charge in [0.05, 0.1) is 11.6 Å². The Labute approximate surface area is 107 Å². The molecule has 0 radical (unpaired) electrons. The molecule has 0 aliphatic carbocycles. The standard InChI is InChI=1S/C15H18N2O/c18-15(14-7-1-2-9-17-14)12-5-3-8-13-11(12)6-4-10-16-13/h3-6,8,10,14-15,17-18H,1-2,7,9H2. The number of aromatic nitrogens is 1. The topological polar surface area (TPSA) is 45.2 Å². The van der Waals surface area contributed by atoms with Gasteiger partial charge in [-0.2, -0.15) is 0 Å². The number of benzene rings is 1. The average molecular weight is 242 g/mol. The molecule has 94 valence electrons. The highest BCUT2D eigenvalue weighted by Gasteiger charge is 2.23. The van der Waals surface area contributed by atoms with Crippen LogP contribution in [-0.2, 0) is 0 Å². The Kier molecular flexibility index (Phi) is 3.26. The first-order valence-corrected chi connectivity index (χ1v) is 6.61. The van der Waals surface area contributed by atoms with Crippen molar-refractivity contribution in [3.63, 3.8) is 0 Å². The van der Waals surface area contributed by atoms with Crippen molar-refractivity contribution in [2.45, 2.75) is 31.4 Å². The van der Waals surface area contributed by atoms with Crippen molar-refractivity contribution in [1.29, 1.82) is 0 Å². The van der Waals surface area contributed by atoms with Crippen molar-refractivity contribution < 1.29 is 5.11 Å². The van der Waals surface area contributed by atoms with Crippen LogP contribution in [0, 0.1) is 0 Å². The number of aliphatic hydroxyl groups excluding tert-OH is 1. The molecule has 1 aliphatic rings. The molecular weight excluding hydrogens is 224 g/mol. The SMILES string of the molecule is OC(c1cccc2ncccc12)C1CCCCN1. The van der Waals surface area contributed by atoms with E-state index >= 15 is 0 Å². The van der Waals surface area contributed by atoms with Crippen molar-refractivity contribution in [1.82, 2.24) is 10.3 Å². The van der Waals surface area contributed by atoms with Gasteiger partial charge in [-0.3, -0.25) is 4.98 Å².